The highest BCUT2D eigenvalue weighted by molar-refractivity contribution is 6.01. The number of anilines is 1. The fourth-order valence-corrected chi connectivity index (χ4v) is 4.59. The van der Waals surface area contributed by atoms with E-state index < -0.39 is 0 Å². The zero-order valence-corrected chi connectivity index (χ0v) is 17.2. The number of piperidine rings is 1. The molecule has 4 rings (SSSR count). The normalized spacial score (nSPS) is 21.9. The van der Waals surface area contributed by atoms with Crippen LogP contribution in [0.1, 0.15) is 40.5 Å². The molecule has 29 heavy (non-hydrogen) atoms. The van der Waals surface area contributed by atoms with Gasteiger partial charge in [0.1, 0.15) is 0 Å². The van der Waals surface area contributed by atoms with Crippen LogP contribution in [0.15, 0.2) is 30.5 Å². The van der Waals surface area contributed by atoms with Crippen LogP contribution >= 0.6 is 0 Å². The smallest absolute Gasteiger partial charge is 0.319 e. The summed E-state index contributed by atoms with van der Waals surface area (Å²) in [6.07, 6.45) is 3.99. The Balaban J connectivity index is 1.42. The average Bonchev–Trinajstić information content (AvgIpc) is 3.24. The number of nitrogens with one attached hydrogen (secondary N) is 2. The van der Waals surface area contributed by atoms with E-state index in [-0.39, 0.29) is 18.0 Å². The summed E-state index contributed by atoms with van der Waals surface area (Å²) < 4.78 is 1.92. The van der Waals surface area contributed by atoms with E-state index in [0.29, 0.717) is 30.3 Å². The van der Waals surface area contributed by atoms with Crippen molar-refractivity contribution in [3.8, 4) is 0 Å². The van der Waals surface area contributed by atoms with E-state index in [4.69, 9.17) is 0 Å². The Labute approximate surface area is 170 Å². The first-order valence-corrected chi connectivity index (χ1v) is 10.1. The minimum Gasteiger partial charge on any atom is -0.338 e. The summed E-state index contributed by atoms with van der Waals surface area (Å²) in [5.74, 6) is 0.303. The number of hydrogen-bond acceptors (Lipinski definition) is 4. The molecule has 0 unspecified atom stereocenters. The van der Waals surface area contributed by atoms with Crippen molar-refractivity contribution in [1.29, 1.82) is 0 Å². The van der Waals surface area contributed by atoms with Crippen molar-refractivity contribution in [2.45, 2.75) is 25.4 Å². The highest BCUT2D eigenvalue weighted by Gasteiger charge is 2.33. The zero-order chi connectivity index (χ0) is 20.5. The van der Waals surface area contributed by atoms with Gasteiger partial charge in [0.05, 0.1) is 11.7 Å². The Bertz CT molecular complexity index is 924. The molecule has 3 amide bonds. The molecule has 0 radical (unpaired) electrons. The Morgan fingerprint density at radius 1 is 1.24 bits per heavy atom. The van der Waals surface area contributed by atoms with Crippen LogP contribution in [-0.2, 0) is 13.6 Å². The summed E-state index contributed by atoms with van der Waals surface area (Å²) in [6.45, 7) is 2.14. The SMILES string of the molecule is CN1Cc2c(NC(=O)NC[C@@H]3CCCN(C)[C@H]3c3ccnn3C)cccc2C1=O. The average molecular weight is 396 g/mol. The molecular weight excluding hydrogens is 368 g/mol. The van der Waals surface area contributed by atoms with Crippen LogP contribution in [0.3, 0.4) is 0 Å². The van der Waals surface area contributed by atoms with Gasteiger partial charge >= 0.3 is 6.03 Å². The molecule has 1 fully saturated rings. The van der Waals surface area contributed by atoms with Crippen molar-refractivity contribution in [2.24, 2.45) is 13.0 Å². The van der Waals surface area contributed by atoms with Gasteiger partial charge in [0, 0.05) is 50.2 Å². The second kappa shape index (κ2) is 7.87. The molecule has 1 aromatic heterocycles. The lowest BCUT2D eigenvalue weighted by molar-refractivity contribution is 0.0816. The van der Waals surface area contributed by atoms with E-state index in [1.165, 1.54) is 5.69 Å². The molecule has 0 saturated carbocycles. The third kappa shape index (κ3) is 3.72. The largest absolute Gasteiger partial charge is 0.338 e. The molecule has 8 heteroatoms. The number of hydrogen-bond donors (Lipinski definition) is 2. The topological polar surface area (TPSA) is 82.5 Å². The number of benzene rings is 1. The maximum absolute atomic E-state index is 12.6. The molecule has 2 N–H and O–H groups in total. The Morgan fingerprint density at radius 3 is 2.83 bits per heavy atom. The van der Waals surface area contributed by atoms with Gasteiger partial charge in [-0.1, -0.05) is 6.07 Å². The van der Waals surface area contributed by atoms with Crippen LogP contribution in [0.5, 0.6) is 0 Å². The number of nitrogens with zero attached hydrogens (tertiary/aromatic N) is 4. The summed E-state index contributed by atoms with van der Waals surface area (Å²) >= 11 is 0. The van der Waals surface area contributed by atoms with E-state index in [9.17, 15) is 9.59 Å². The lowest BCUT2D eigenvalue weighted by atomic mass is 9.87. The number of likely N-dealkylation sites (tertiary alicyclic amines) is 1. The predicted molar refractivity (Wildman–Crippen MR) is 111 cm³/mol. The monoisotopic (exact) mass is 396 g/mol. The molecule has 1 saturated heterocycles. The fourth-order valence-electron chi connectivity index (χ4n) is 4.59. The van der Waals surface area contributed by atoms with Crippen molar-refractivity contribution >= 4 is 17.6 Å². The van der Waals surface area contributed by atoms with Crippen LogP contribution in [-0.4, -0.2) is 58.7 Å². The maximum atomic E-state index is 12.6. The third-order valence-corrected chi connectivity index (χ3v) is 6.09. The number of rotatable bonds is 4. The first kappa shape index (κ1) is 19.4. The van der Waals surface area contributed by atoms with Crippen molar-refractivity contribution in [2.75, 3.05) is 32.5 Å². The summed E-state index contributed by atoms with van der Waals surface area (Å²) in [6, 6.07) is 7.50. The number of aryl methyl sites for hydroxylation is 1. The molecule has 0 aliphatic carbocycles. The zero-order valence-electron chi connectivity index (χ0n) is 17.2. The van der Waals surface area contributed by atoms with Gasteiger partial charge in [0.25, 0.3) is 5.91 Å². The standard InChI is InChI=1S/C21H28N6O2/c1-25-11-5-6-14(19(25)18-9-10-23-27(18)3)12-22-21(29)24-17-8-4-7-15-16(17)13-26(2)20(15)28/h4,7-10,14,19H,5-6,11-13H2,1-3H3,(H2,22,24,29)/t14-,19+/m0/s1. The molecule has 2 atom stereocenters. The molecule has 154 valence electrons. The second-order valence-corrected chi connectivity index (χ2v) is 8.04. The highest BCUT2D eigenvalue weighted by atomic mass is 16.2. The summed E-state index contributed by atoms with van der Waals surface area (Å²) in [5.41, 5.74) is 3.40. The quantitative estimate of drug-likeness (QED) is 0.830. The van der Waals surface area contributed by atoms with Crippen molar-refractivity contribution < 1.29 is 9.59 Å². The number of urea groups is 1. The number of aromatic nitrogens is 2. The van der Waals surface area contributed by atoms with Crippen LogP contribution in [0.4, 0.5) is 10.5 Å². The Kier molecular flexibility index (Phi) is 5.27. The molecule has 8 nitrogen and oxygen atoms in total. The maximum Gasteiger partial charge on any atom is 0.319 e. The van der Waals surface area contributed by atoms with Gasteiger partial charge in [0.15, 0.2) is 0 Å². The lowest BCUT2D eigenvalue weighted by Crippen LogP contribution is -2.43. The number of amides is 3. The van der Waals surface area contributed by atoms with Crippen LogP contribution < -0.4 is 10.6 Å². The molecular formula is C21H28N6O2. The number of fused-ring (bicyclic) bond motifs is 1. The van der Waals surface area contributed by atoms with Crippen LogP contribution in [0.2, 0.25) is 0 Å². The molecule has 2 aliphatic heterocycles. The first-order chi connectivity index (χ1) is 14.0. The van der Waals surface area contributed by atoms with Crippen LogP contribution in [0.25, 0.3) is 0 Å². The third-order valence-electron chi connectivity index (χ3n) is 6.09. The van der Waals surface area contributed by atoms with Gasteiger partial charge in [-0.05, 0) is 50.6 Å². The minimum absolute atomic E-state index is 0.00619. The molecule has 2 aromatic rings. The van der Waals surface area contributed by atoms with E-state index in [0.717, 1.165) is 24.9 Å². The minimum atomic E-state index is -0.239. The van der Waals surface area contributed by atoms with Gasteiger partial charge in [-0.2, -0.15) is 5.10 Å². The van der Waals surface area contributed by atoms with E-state index in [1.807, 2.05) is 24.0 Å². The fraction of sp³-hybridized carbons (Fsp3) is 0.476. The van der Waals surface area contributed by atoms with Gasteiger partial charge < -0.3 is 15.5 Å². The molecule has 2 aliphatic rings. The predicted octanol–water partition coefficient (Wildman–Crippen LogP) is 2.21. The Morgan fingerprint density at radius 2 is 2.07 bits per heavy atom. The number of carbonyl (C=O) groups is 2. The molecule has 3 heterocycles. The Hall–Kier alpha value is -2.87. The van der Waals surface area contributed by atoms with Gasteiger partial charge in [-0.25, -0.2) is 4.79 Å². The van der Waals surface area contributed by atoms with E-state index in [2.05, 4.69) is 33.7 Å². The van der Waals surface area contributed by atoms with Crippen molar-refractivity contribution in [3.05, 3.63) is 47.3 Å². The summed E-state index contributed by atoms with van der Waals surface area (Å²) in [5, 5.41) is 10.3. The lowest BCUT2D eigenvalue weighted by Gasteiger charge is -2.39. The highest BCUT2D eigenvalue weighted by Crippen LogP contribution is 2.34. The van der Waals surface area contributed by atoms with Crippen molar-refractivity contribution in [3.63, 3.8) is 0 Å². The van der Waals surface area contributed by atoms with Gasteiger partial charge in [-0.3, -0.25) is 14.4 Å². The molecule has 1 aromatic carbocycles. The summed E-state index contributed by atoms with van der Waals surface area (Å²) in [4.78, 5) is 28.8. The number of carbonyl (C=O) groups excluding carboxylic acids is 2. The van der Waals surface area contributed by atoms with E-state index in [1.54, 1.807) is 24.1 Å². The summed E-state index contributed by atoms with van der Waals surface area (Å²) in [7, 11) is 5.86. The molecule has 0 spiro atoms. The molecule has 0 bridgehead atoms. The van der Waals surface area contributed by atoms with Crippen molar-refractivity contribution in [1.82, 2.24) is 24.9 Å². The van der Waals surface area contributed by atoms with E-state index >= 15 is 0 Å². The van der Waals surface area contributed by atoms with Gasteiger partial charge in [-0.15, -0.1) is 0 Å². The first-order valence-electron chi connectivity index (χ1n) is 10.1. The second-order valence-electron chi connectivity index (χ2n) is 8.04. The van der Waals surface area contributed by atoms with Crippen LogP contribution in [0, 0.1) is 5.92 Å². The van der Waals surface area contributed by atoms with Gasteiger partial charge in [0.2, 0.25) is 0 Å².